The van der Waals surface area contributed by atoms with Crippen molar-refractivity contribution in [2.75, 3.05) is 0 Å². The highest BCUT2D eigenvalue weighted by Gasteiger charge is 2.12. The first kappa shape index (κ1) is 10.9. The number of pyridine rings is 1. The third-order valence-electron chi connectivity index (χ3n) is 1.75. The van der Waals surface area contributed by atoms with E-state index in [1.165, 1.54) is 0 Å². The predicted octanol–water partition coefficient (Wildman–Crippen LogP) is 0.998. The number of carboxylic acids is 1. The van der Waals surface area contributed by atoms with Crippen LogP contribution in [0.15, 0.2) is 12.1 Å². The smallest absolute Gasteiger partial charge is 0.320 e. The monoisotopic (exact) mass is 214 g/mol. The Morgan fingerprint density at radius 3 is 2.86 bits per heavy atom. The fraction of sp³-hybridized carbons (Fsp3) is 0.333. The first-order valence-corrected chi connectivity index (χ1v) is 4.48. The van der Waals surface area contributed by atoms with Gasteiger partial charge >= 0.3 is 5.97 Å². The Labute approximate surface area is 86.7 Å². The van der Waals surface area contributed by atoms with E-state index in [1.54, 1.807) is 19.1 Å². The number of aliphatic carboxylic acids is 1. The average molecular weight is 215 g/mol. The molecule has 1 unspecified atom stereocenters. The normalized spacial score (nSPS) is 12.5. The molecule has 1 rings (SSSR count). The van der Waals surface area contributed by atoms with Crippen LogP contribution >= 0.6 is 11.6 Å². The minimum atomic E-state index is -1.02. The molecule has 0 aliphatic carbocycles. The van der Waals surface area contributed by atoms with Gasteiger partial charge in [-0.15, -0.1) is 0 Å². The Kier molecular flexibility index (Phi) is 3.43. The maximum Gasteiger partial charge on any atom is 0.320 e. The van der Waals surface area contributed by atoms with Crippen molar-refractivity contribution in [3.8, 4) is 0 Å². The molecule has 1 aromatic heterocycles. The van der Waals surface area contributed by atoms with Crippen molar-refractivity contribution >= 4 is 17.6 Å². The summed E-state index contributed by atoms with van der Waals surface area (Å²) in [6.07, 6.45) is 0.262. The summed E-state index contributed by atoms with van der Waals surface area (Å²) in [4.78, 5) is 14.5. The van der Waals surface area contributed by atoms with Gasteiger partial charge in [-0.3, -0.25) is 4.79 Å². The molecule has 1 heterocycles. The van der Waals surface area contributed by atoms with Crippen LogP contribution in [0.2, 0.25) is 5.15 Å². The van der Waals surface area contributed by atoms with Gasteiger partial charge in [0.25, 0.3) is 0 Å². The third kappa shape index (κ3) is 2.97. The van der Waals surface area contributed by atoms with Crippen LogP contribution in [0.3, 0.4) is 0 Å². The van der Waals surface area contributed by atoms with Crippen LogP contribution in [0.1, 0.15) is 11.3 Å². The van der Waals surface area contributed by atoms with Gasteiger partial charge in [0.15, 0.2) is 0 Å². The van der Waals surface area contributed by atoms with Crippen LogP contribution in [0.5, 0.6) is 0 Å². The van der Waals surface area contributed by atoms with E-state index in [-0.39, 0.29) is 6.42 Å². The van der Waals surface area contributed by atoms with Gasteiger partial charge in [0.05, 0.1) is 0 Å². The Morgan fingerprint density at radius 1 is 1.71 bits per heavy atom. The molecule has 0 amide bonds. The molecule has 14 heavy (non-hydrogen) atoms. The molecule has 0 aromatic carbocycles. The zero-order valence-corrected chi connectivity index (χ0v) is 8.45. The summed E-state index contributed by atoms with van der Waals surface area (Å²) in [5.74, 6) is -1.02. The molecule has 76 valence electrons. The highest BCUT2D eigenvalue weighted by atomic mass is 35.5. The molecule has 5 heteroatoms. The average Bonchev–Trinajstić information content (AvgIpc) is 2.01. The summed E-state index contributed by atoms with van der Waals surface area (Å²) in [5, 5.41) is 8.97. The lowest BCUT2D eigenvalue weighted by molar-refractivity contribution is -0.138. The summed E-state index contributed by atoms with van der Waals surface area (Å²) in [6.45, 7) is 1.79. The van der Waals surface area contributed by atoms with Crippen LogP contribution in [-0.4, -0.2) is 22.1 Å². The number of rotatable bonds is 3. The number of aryl methyl sites for hydroxylation is 1. The fourth-order valence-corrected chi connectivity index (χ4v) is 1.43. The molecule has 0 spiro atoms. The van der Waals surface area contributed by atoms with Crippen LogP contribution in [-0.2, 0) is 11.2 Å². The lowest BCUT2D eigenvalue weighted by Gasteiger charge is -2.07. The van der Waals surface area contributed by atoms with E-state index in [1.807, 2.05) is 0 Å². The van der Waals surface area contributed by atoms with Gasteiger partial charge in [0.2, 0.25) is 0 Å². The minimum Gasteiger partial charge on any atom is -0.480 e. The summed E-state index contributed by atoms with van der Waals surface area (Å²) >= 11 is 5.71. The standard InChI is InChI=1S/C9H11ClN2O2/c1-5-2-6(4-8(10)12-5)3-7(11)9(13)14/h2,4,7H,3,11H2,1H3,(H,13,14). The molecule has 0 saturated heterocycles. The second kappa shape index (κ2) is 4.39. The molecule has 0 fully saturated rings. The minimum absolute atomic E-state index is 0.262. The zero-order valence-electron chi connectivity index (χ0n) is 7.70. The molecule has 0 radical (unpaired) electrons. The quantitative estimate of drug-likeness (QED) is 0.736. The summed E-state index contributed by atoms with van der Waals surface area (Å²) in [6, 6.07) is 2.50. The van der Waals surface area contributed by atoms with Gasteiger partial charge in [-0.2, -0.15) is 0 Å². The number of nitrogens with two attached hydrogens (primary N) is 1. The van der Waals surface area contributed by atoms with Crippen LogP contribution < -0.4 is 5.73 Å². The lowest BCUT2D eigenvalue weighted by atomic mass is 10.1. The van der Waals surface area contributed by atoms with Crippen molar-refractivity contribution in [1.82, 2.24) is 4.98 Å². The second-order valence-electron chi connectivity index (χ2n) is 3.09. The zero-order chi connectivity index (χ0) is 10.7. The Morgan fingerprint density at radius 2 is 2.36 bits per heavy atom. The van der Waals surface area contributed by atoms with E-state index >= 15 is 0 Å². The van der Waals surface area contributed by atoms with E-state index in [0.29, 0.717) is 5.15 Å². The van der Waals surface area contributed by atoms with Crippen molar-refractivity contribution in [3.05, 3.63) is 28.5 Å². The van der Waals surface area contributed by atoms with Crippen molar-refractivity contribution < 1.29 is 9.90 Å². The topological polar surface area (TPSA) is 76.2 Å². The van der Waals surface area contributed by atoms with E-state index < -0.39 is 12.0 Å². The third-order valence-corrected chi connectivity index (χ3v) is 1.95. The molecule has 0 bridgehead atoms. The number of hydrogen-bond donors (Lipinski definition) is 2. The number of nitrogens with zero attached hydrogens (tertiary/aromatic N) is 1. The summed E-state index contributed by atoms with van der Waals surface area (Å²) in [7, 11) is 0. The largest absolute Gasteiger partial charge is 0.480 e. The lowest BCUT2D eigenvalue weighted by Crippen LogP contribution is -2.32. The first-order valence-electron chi connectivity index (χ1n) is 4.10. The molecule has 1 aromatic rings. The molecular formula is C9H11ClN2O2. The van der Waals surface area contributed by atoms with Crippen molar-refractivity contribution in [1.29, 1.82) is 0 Å². The van der Waals surface area contributed by atoms with E-state index in [2.05, 4.69) is 4.98 Å². The highest BCUT2D eigenvalue weighted by molar-refractivity contribution is 6.29. The molecule has 0 aliphatic heterocycles. The molecular weight excluding hydrogens is 204 g/mol. The van der Waals surface area contributed by atoms with Crippen LogP contribution in [0.4, 0.5) is 0 Å². The van der Waals surface area contributed by atoms with Crippen molar-refractivity contribution in [2.45, 2.75) is 19.4 Å². The summed E-state index contributed by atoms with van der Waals surface area (Å²) < 4.78 is 0. The molecule has 0 saturated carbocycles. The van der Waals surface area contributed by atoms with Crippen molar-refractivity contribution in [2.24, 2.45) is 5.73 Å². The predicted molar refractivity (Wildman–Crippen MR) is 53.3 cm³/mol. The van der Waals surface area contributed by atoms with E-state index in [9.17, 15) is 4.79 Å². The van der Waals surface area contributed by atoms with Crippen LogP contribution in [0, 0.1) is 6.92 Å². The SMILES string of the molecule is Cc1cc(CC(N)C(=O)O)cc(Cl)n1. The van der Waals surface area contributed by atoms with Crippen LogP contribution in [0.25, 0.3) is 0 Å². The maximum absolute atomic E-state index is 10.5. The Hall–Kier alpha value is -1.13. The van der Waals surface area contributed by atoms with Gasteiger partial charge in [0.1, 0.15) is 11.2 Å². The number of hydrogen-bond acceptors (Lipinski definition) is 3. The first-order chi connectivity index (χ1) is 6.49. The van der Waals surface area contributed by atoms with Crippen molar-refractivity contribution in [3.63, 3.8) is 0 Å². The Balaban J connectivity index is 2.81. The van der Waals surface area contributed by atoms with E-state index in [0.717, 1.165) is 11.3 Å². The molecule has 1 atom stereocenters. The summed E-state index contributed by atoms with van der Waals surface area (Å²) in [5.41, 5.74) is 6.93. The second-order valence-corrected chi connectivity index (χ2v) is 3.48. The van der Waals surface area contributed by atoms with Gasteiger partial charge < -0.3 is 10.8 Å². The van der Waals surface area contributed by atoms with E-state index in [4.69, 9.17) is 22.4 Å². The fourth-order valence-electron chi connectivity index (χ4n) is 1.16. The van der Waals surface area contributed by atoms with Gasteiger partial charge in [-0.05, 0) is 31.0 Å². The van der Waals surface area contributed by atoms with Gasteiger partial charge in [-0.25, -0.2) is 4.98 Å². The number of carbonyl (C=O) groups is 1. The highest BCUT2D eigenvalue weighted by Crippen LogP contribution is 2.11. The van der Waals surface area contributed by atoms with Gasteiger partial charge in [0, 0.05) is 5.69 Å². The molecule has 3 N–H and O–H groups in total. The number of carboxylic acid groups (broad SMARTS) is 1. The van der Waals surface area contributed by atoms with Gasteiger partial charge in [-0.1, -0.05) is 11.6 Å². The number of halogens is 1. The maximum atomic E-state index is 10.5. The molecule has 4 nitrogen and oxygen atoms in total. The Bertz CT molecular complexity index is 334. The number of aromatic nitrogens is 1. The molecule has 0 aliphatic rings.